The van der Waals surface area contributed by atoms with Gasteiger partial charge in [0.1, 0.15) is 5.82 Å². The minimum Gasteiger partial charge on any atom is -0.395 e. The van der Waals surface area contributed by atoms with E-state index < -0.39 is 29.3 Å². The van der Waals surface area contributed by atoms with E-state index in [1.165, 1.54) is 12.1 Å². The second kappa shape index (κ2) is 10.6. The number of sulfonamides is 1. The molecule has 0 saturated carbocycles. The topological polar surface area (TPSA) is 157 Å². The molecule has 2 rings (SSSR count). The fourth-order valence-corrected chi connectivity index (χ4v) is 3.73. The number of aliphatic hydroxyl groups excluding tert-OH is 3. The van der Waals surface area contributed by atoms with Gasteiger partial charge < -0.3 is 26.0 Å². The fraction of sp³-hybridized carbons (Fsp3) is 0.474. The largest absolute Gasteiger partial charge is 0.395 e. The van der Waals surface area contributed by atoms with E-state index in [9.17, 15) is 13.5 Å². The zero-order valence-electron chi connectivity index (χ0n) is 17.2. The molecular weight excluding hydrogens is 410 g/mol. The van der Waals surface area contributed by atoms with Gasteiger partial charge in [0.05, 0.1) is 36.8 Å². The number of hydrogen-bond donors (Lipinski definition) is 6. The molecule has 0 aliphatic rings. The van der Waals surface area contributed by atoms with Crippen LogP contribution in [0.3, 0.4) is 0 Å². The van der Waals surface area contributed by atoms with E-state index in [1.54, 1.807) is 18.3 Å². The summed E-state index contributed by atoms with van der Waals surface area (Å²) in [5.41, 5.74) is 1.40. The maximum absolute atomic E-state index is 12.3. The molecule has 0 unspecified atom stereocenters. The lowest BCUT2D eigenvalue weighted by Gasteiger charge is -2.21. The average Bonchev–Trinajstić information content (AvgIpc) is 2.72. The van der Waals surface area contributed by atoms with Crippen molar-refractivity contribution in [1.29, 1.82) is 0 Å². The third-order valence-electron chi connectivity index (χ3n) is 4.48. The van der Waals surface area contributed by atoms with Crippen LogP contribution >= 0.6 is 0 Å². The number of nitrogens with one attached hydrogen (secondary N) is 3. The van der Waals surface area contributed by atoms with Crippen LogP contribution in [-0.2, 0) is 10.0 Å². The van der Waals surface area contributed by atoms with Crippen LogP contribution in [0.1, 0.15) is 19.4 Å². The van der Waals surface area contributed by atoms with Gasteiger partial charge in [-0.05, 0) is 37.1 Å². The summed E-state index contributed by atoms with van der Waals surface area (Å²) >= 11 is 0. The van der Waals surface area contributed by atoms with E-state index in [4.69, 9.17) is 10.2 Å². The molecule has 166 valence electrons. The number of nitrogens with zero attached hydrogens (tertiary/aromatic N) is 2. The third-order valence-corrected chi connectivity index (χ3v) is 6.02. The molecule has 1 heterocycles. The van der Waals surface area contributed by atoms with Crippen LogP contribution in [0.15, 0.2) is 35.4 Å². The van der Waals surface area contributed by atoms with E-state index >= 15 is 0 Å². The van der Waals surface area contributed by atoms with Crippen LogP contribution < -0.4 is 15.4 Å². The number of aromatic nitrogens is 2. The van der Waals surface area contributed by atoms with Gasteiger partial charge >= 0.3 is 0 Å². The maximum atomic E-state index is 12.3. The lowest BCUT2D eigenvalue weighted by Crippen LogP contribution is -2.39. The molecule has 0 aliphatic carbocycles. The average molecular weight is 440 g/mol. The molecular formula is C19H29N5O5S. The van der Waals surface area contributed by atoms with Gasteiger partial charge in [-0.25, -0.2) is 18.1 Å². The van der Waals surface area contributed by atoms with Gasteiger partial charge in [-0.3, -0.25) is 0 Å². The Labute approximate surface area is 176 Å². The number of hydrogen-bond acceptors (Lipinski definition) is 9. The minimum atomic E-state index is -3.87. The second-order valence-corrected chi connectivity index (χ2v) is 8.95. The lowest BCUT2D eigenvalue weighted by molar-refractivity contribution is 0.185. The highest BCUT2D eigenvalue weighted by molar-refractivity contribution is 7.89. The van der Waals surface area contributed by atoms with Gasteiger partial charge in [-0.2, -0.15) is 4.98 Å². The Bertz CT molecular complexity index is 917. The van der Waals surface area contributed by atoms with Gasteiger partial charge in [-0.15, -0.1) is 0 Å². The molecule has 30 heavy (non-hydrogen) atoms. The van der Waals surface area contributed by atoms with E-state index in [2.05, 4.69) is 25.3 Å². The molecule has 0 aliphatic heterocycles. The van der Waals surface area contributed by atoms with E-state index in [0.29, 0.717) is 17.5 Å². The van der Waals surface area contributed by atoms with Crippen LogP contribution in [0.25, 0.3) is 0 Å². The highest BCUT2D eigenvalue weighted by Gasteiger charge is 2.19. The number of benzene rings is 1. The monoisotopic (exact) mass is 439 g/mol. The van der Waals surface area contributed by atoms with Gasteiger partial charge in [-0.1, -0.05) is 13.8 Å². The Kier molecular flexibility index (Phi) is 8.50. The Morgan fingerprint density at radius 2 is 1.67 bits per heavy atom. The van der Waals surface area contributed by atoms with Gasteiger partial charge in [0, 0.05) is 17.4 Å². The van der Waals surface area contributed by atoms with Crippen molar-refractivity contribution in [2.75, 3.05) is 30.5 Å². The number of aliphatic hydroxyl groups is 3. The summed E-state index contributed by atoms with van der Waals surface area (Å²) in [5.74, 6) is 1.13. The van der Waals surface area contributed by atoms with Crippen molar-refractivity contribution in [2.24, 2.45) is 5.92 Å². The number of rotatable bonds is 11. The van der Waals surface area contributed by atoms with Crippen molar-refractivity contribution in [3.63, 3.8) is 0 Å². The molecule has 0 bridgehead atoms. The summed E-state index contributed by atoms with van der Waals surface area (Å²) in [6.45, 7) is 4.81. The quantitative estimate of drug-likeness (QED) is 0.295. The smallest absolute Gasteiger partial charge is 0.240 e. The molecule has 1 aromatic heterocycles. The fourth-order valence-electron chi connectivity index (χ4n) is 2.51. The first kappa shape index (κ1) is 24.0. The zero-order valence-corrected chi connectivity index (χ0v) is 18.0. The summed E-state index contributed by atoms with van der Waals surface area (Å²) in [6.07, 6.45) is 1.65. The van der Waals surface area contributed by atoms with Gasteiger partial charge in [0.2, 0.25) is 16.0 Å². The molecule has 0 spiro atoms. The second-order valence-electron chi connectivity index (χ2n) is 7.24. The van der Waals surface area contributed by atoms with Crippen LogP contribution in [0.2, 0.25) is 0 Å². The molecule has 1 atom stereocenters. The summed E-state index contributed by atoms with van der Waals surface area (Å²) in [4.78, 5) is 8.67. The molecule has 2 aromatic rings. The van der Waals surface area contributed by atoms with E-state index in [0.717, 1.165) is 5.56 Å². The van der Waals surface area contributed by atoms with Crippen LogP contribution in [0.5, 0.6) is 0 Å². The predicted octanol–water partition coefficient (Wildman–Crippen LogP) is 0.589. The van der Waals surface area contributed by atoms with Crippen molar-refractivity contribution >= 4 is 27.5 Å². The first-order valence-corrected chi connectivity index (χ1v) is 11.0. The molecule has 0 radical (unpaired) electrons. The molecule has 0 saturated heterocycles. The first-order valence-electron chi connectivity index (χ1n) is 9.52. The van der Waals surface area contributed by atoms with Crippen molar-refractivity contribution in [3.8, 4) is 0 Å². The van der Waals surface area contributed by atoms with Crippen LogP contribution in [0, 0.1) is 12.8 Å². The summed E-state index contributed by atoms with van der Waals surface area (Å²) in [5, 5.41) is 33.9. The Balaban J connectivity index is 2.15. The first-order chi connectivity index (χ1) is 14.2. The maximum Gasteiger partial charge on any atom is 0.240 e. The van der Waals surface area contributed by atoms with Gasteiger partial charge in [0.25, 0.3) is 0 Å². The standard InChI is InChI=1S/C19H29N5O5S/c1-12(2)17(11-27)22-18-13(3)8-20-19(23-18)21-14-4-6-16(7-5-14)30(28,29)24-15(9-25)10-26/h4-8,12,15,17,24-27H,9-11H2,1-3H3,(H2,20,21,22,23)/t17-/m0/s1. The van der Waals surface area contributed by atoms with Crippen molar-refractivity contribution in [3.05, 3.63) is 36.0 Å². The van der Waals surface area contributed by atoms with E-state index in [1.807, 2.05) is 20.8 Å². The summed E-state index contributed by atoms with van der Waals surface area (Å²) in [6, 6.07) is 4.79. The molecule has 6 N–H and O–H groups in total. The van der Waals surface area contributed by atoms with Crippen LogP contribution in [0.4, 0.5) is 17.5 Å². The third kappa shape index (κ3) is 6.34. The van der Waals surface area contributed by atoms with Crippen molar-refractivity contribution in [1.82, 2.24) is 14.7 Å². The minimum absolute atomic E-state index is 0.00477. The highest BCUT2D eigenvalue weighted by atomic mass is 32.2. The zero-order chi connectivity index (χ0) is 22.3. The lowest BCUT2D eigenvalue weighted by atomic mass is 10.1. The van der Waals surface area contributed by atoms with Crippen LogP contribution in [-0.4, -0.2) is 65.6 Å². The number of anilines is 3. The van der Waals surface area contributed by atoms with Gasteiger partial charge in [0.15, 0.2) is 0 Å². The molecule has 0 fully saturated rings. The SMILES string of the molecule is Cc1cnc(Nc2ccc(S(=O)(=O)NC(CO)CO)cc2)nc1N[C@@H](CO)C(C)C. The molecule has 11 heteroatoms. The van der Waals surface area contributed by atoms with Crippen molar-refractivity contribution < 1.29 is 23.7 Å². The molecule has 0 amide bonds. The molecule has 10 nitrogen and oxygen atoms in total. The molecule has 1 aromatic carbocycles. The summed E-state index contributed by atoms with van der Waals surface area (Å²) < 4.78 is 26.8. The van der Waals surface area contributed by atoms with E-state index in [-0.39, 0.29) is 23.5 Å². The Morgan fingerprint density at radius 3 is 2.20 bits per heavy atom. The summed E-state index contributed by atoms with van der Waals surface area (Å²) in [7, 11) is -3.87. The Hall–Kier alpha value is -2.31. The highest BCUT2D eigenvalue weighted by Crippen LogP contribution is 2.20. The Morgan fingerprint density at radius 1 is 1.03 bits per heavy atom. The normalized spacial score (nSPS) is 12.9. The predicted molar refractivity (Wildman–Crippen MR) is 114 cm³/mol. The van der Waals surface area contributed by atoms with Crippen molar-refractivity contribution in [2.45, 2.75) is 37.8 Å². The number of aryl methyl sites for hydroxylation is 1.